The standard InChI is InChI=1S/2C52H30OS/c1-2-12-31(13-3-1)34-24-25-42(37-17-7-6-16-36(34)37)49-40-20-10-8-18-38(40)48(39-19-9-11-21-41(39)49)33-23-28-46-44(30-33)51-47(54-46)29-26-43-50-35-15-5-4-14-32(35)22-27-45(50)53-52(43)51;1-2-12-31(13-3-1)34-25-26-42(37-17-7-6-16-36(34)37)51-40-20-10-8-18-38(40)50(39-19-9-11-21-41(39)51)33-23-27-48-45(28-33)46-29-47-44(30-49(46)54-48)43-24-22-32-14-4-5-15-35(32)52(43)53-47/h2*1-30H. The molecule has 0 N–H and O–H groups in total. The Labute approximate surface area is 628 Å². The highest BCUT2D eigenvalue weighted by atomic mass is 32.1. The Hall–Kier alpha value is -13.5. The summed E-state index contributed by atoms with van der Waals surface area (Å²) in [7, 11) is 0. The van der Waals surface area contributed by atoms with Crippen molar-refractivity contribution in [3.63, 3.8) is 0 Å². The number of hydrogen-bond donors (Lipinski definition) is 0. The molecule has 0 fully saturated rings. The molecule has 4 heteroatoms. The third-order valence-electron chi connectivity index (χ3n) is 22.9. The molecule has 0 aliphatic carbocycles. The van der Waals surface area contributed by atoms with E-state index in [0.717, 1.165) is 27.7 Å². The minimum atomic E-state index is 0.934. The zero-order valence-electron chi connectivity index (χ0n) is 58.3. The summed E-state index contributed by atoms with van der Waals surface area (Å²) in [5, 5.41) is 29.6. The van der Waals surface area contributed by atoms with Crippen LogP contribution in [0.2, 0.25) is 0 Å². The fourth-order valence-corrected chi connectivity index (χ4v) is 20.4. The number of furan rings is 2. The molecule has 2 nitrogen and oxygen atoms in total. The normalized spacial score (nSPS) is 12.1. The van der Waals surface area contributed by atoms with Crippen molar-refractivity contribution in [3.8, 4) is 66.8 Å². The molecule has 0 spiro atoms. The third-order valence-corrected chi connectivity index (χ3v) is 25.2. The molecule has 500 valence electrons. The maximum Gasteiger partial charge on any atom is 0.144 e. The van der Waals surface area contributed by atoms with E-state index < -0.39 is 0 Å². The van der Waals surface area contributed by atoms with Crippen molar-refractivity contribution in [1.82, 2.24) is 0 Å². The molecule has 0 amide bonds. The van der Waals surface area contributed by atoms with Crippen molar-refractivity contribution < 1.29 is 8.83 Å². The molecule has 0 radical (unpaired) electrons. The molecule has 0 saturated carbocycles. The largest absolute Gasteiger partial charge is 0.455 e. The first-order chi connectivity index (χ1) is 53.6. The van der Waals surface area contributed by atoms with Crippen molar-refractivity contribution in [2.45, 2.75) is 0 Å². The number of hydrogen-bond acceptors (Lipinski definition) is 4. The van der Waals surface area contributed by atoms with Gasteiger partial charge in [0.15, 0.2) is 0 Å². The third kappa shape index (κ3) is 9.25. The number of fused-ring (bicyclic) bond motifs is 23. The van der Waals surface area contributed by atoms with Gasteiger partial charge in [-0.1, -0.05) is 303 Å². The molecule has 0 unspecified atom stereocenters. The second-order valence-electron chi connectivity index (χ2n) is 28.6. The van der Waals surface area contributed by atoms with Crippen LogP contribution in [0, 0.1) is 0 Å². The summed E-state index contributed by atoms with van der Waals surface area (Å²) in [5.41, 5.74) is 18.8. The van der Waals surface area contributed by atoms with Crippen molar-refractivity contribution in [1.29, 1.82) is 0 Å². The molecule has 0 bridgehead atoms. The van der Waals surface area contributed by atoms with Gasteiger partial charge in [0.2, 0.25) is 0 Å². The van der Waals surface area contributed by atoms with E-state index in [1.807, 2.05) is 22.7 Å². The van der Waals surface area contributed by atoms with E-state index in [1.54, 1.807) is 0 Å². The van der Waals surface area contributed by atoms with Gasteiger partial charge in [0.25, 0.3) is 0 Å². The van der Waals surface area contributed by atoms with E-state index >= 15 is 0 Å². The molecule has 24 aromatic rings. The number of benzene rings is 20. The van der Waals surface area contributed by atoms with Crippen molar-refractivity contribution >= 4 is 193 Å². The van der Waals surface area contributed by atoms with Crippen LogP contribution in [-0.2, 0) is 0 Å². The minimum Gasteiger partial charge on any atom is -0.455 e. The van der Waals surface area contributed by atoms with Crippen molar-refractivity contribution in [3.05, 3.63) is 364 Å². The average molecular weight is 1410 g/mol. The summed E-state index contributed by atoms with van der Waals surface area (Å²) in [6.07, 6.45) is 0. The summed E-state index contributed by atoms with van der Waals surface area (Å²) in [6.45, 7) is 0. The Morgan fingerprint density at radius 3 is 1.08 bits per heavy atom. The summed E-state index contributed by atoms with van der Waals surface area (Å²) < 4.78 is 18.5. The highest BCUT2D eigenvalue weighted by molar-refractivity contribution is 7.26. The van der Waals surface area contributed by atoms with Gasteiger partial charge in [-0.15, -0.1) is 22.7 Å². The number of rotatable bonds is 6. The Balaban J connectivity index is 0.000000130. The van der Waals surface area contributed by atoms with Gasteiger partial charge in [-0.25, -0.2) is 0 Å². The molecule has 20 aromatic carbocycles. The molecule has 4 aromatic heterocycles. The zero-order valence-corrected chi connectivity index (χ0v) is 59.9. The summed E-state index contributed by atoms with van der Waals surface area (Å²) in [4.78, 5) is 0. The number of thiophene rings is 2. The summed E-state index contributed by atoms with van der Waals surface area (Å²) in [6, 6.07) is 133. The molecule has 0 aliphatic rings. The van der Waals surface area contributed by atoms with Gasteiger partial charge >= 0.3 is 0 Å². The molecule has 0 saturated heterocycles. The zero-order chi connectivity index (χ0) is 70.7. The van der Waals surface area contributed by atoms with Crippen LogP contribution >= 0.6 is 22.7 Å². The minimum absolute atomic E-state index is 0.934. The Morgan fingerprint density at radius 1 is 0.167 bits per heavy atom. The van der Waals surface area contributed by atoms with E-state index in [-0.39, 0.29) is 0 Å². The predicted octanol–water partition coefficient (Wildman–Crippen LogP) is 31.1. The molecular formula is C104H60O2S2. The molecule has 4 heterocycles. The van der Waals surface area contributed by atoms with Crippen LogP contribution < -0.4 is 0 Å². The lowest BCUT2D eigenvalue weighted by Gasteiger charge is -2.19. The lowest BCUT2D eigenvalue weighted by molar-refractivity contribution is 0.673. The van der Waals surface area contributed by atoms with Crippen LogP contribution in [0.1, 0.15) is 0 Å². The molecule has 0 aliphatic heterocycles. The highest BCUT2D eigenvalue weighted by Crippen LogP contribution is 2.52. The Kier molecular flexibility index (Phi) is 13.5. The molecule has 108 heavy (non-hydrogen) atoms. The van der Waals surface area contributed by atoms with E-state index in [2.05, 4.69) is 364 Å². The van der Waals surface area contributed by atoms with Gasteiger partial charge in [-0.2, -0.15) is 0 Å². The van der Waals surface area contributed by atoms with Gasteiger partial charge in [0.1, 0.15) is 22.3 Å². The summed E-state index contributed by atoms with van der Waals surface area (Å²) >= 11 is 3.70. The second-order valence-corrected chi connectivity index (χ2v) is 30.8. The maximum atomic E-state index is 6.77. The smallest absolute Gasteiger partial charge is 0.144 e. The maximum absolute atomic E-state index is 6.77. The quantitative estimate of drug-likeness (QED) is 0.155. The fourth-order valence-electron chi connectivity index (χ4n) is 18.2. The molecular weight excluding hydrogens is 1350 g/mol. The lowest BCUT2D eigenvalue weighted by Crippen LogP contribution is -1.92. The van der Waals surface area contributed by atoms with E-state index in [4.69, 9.17) is 8.83 Å². The summed E-state index contributed by atoms with van der Waals surface area (Å²) in [5.74, 6) is 0. The van der Waals surface area contributed by atoms with Crippen LogP contribution in [0.5, 0.6) is 0 Å². The Bertz CT molecular complexity index is 7810. The topological polar surface area (TPSA) is 26.3 Å². The van der Waals surface area contributed by atoms with Gasteiger partial charge in [0.05, 0.1) is 0 Å². The van der Waals surface area contributed by atoms with Crippen molar-refractivity contribution in [2.24, 2.45) is 0 Å². The van der Waals surface area contributed by atoms with Crippen LogP contribution in [0.4, 0.5) is 0 Å². The van der Waals surface area contributed by atoms with Gasteiger partial charge in [0, 0.05) is 67.3 Å². The fraction of sp³-hybridized carbons (Fsp3) is 0. The van der Waals surface area contributed by atoms with Gasteiger partial charge in [-0.05, 0) is 208 Å². The highest BCUT2D eigenvalue weighted by Gasteiger charge is 2.25. The van der Waals surface area contributed by atoms with Crippen LogP contribution in [0.15, 0.2) is 373 Å². The van der Waals surface area contributed by atoms with E-state index in [1.165, 1.54) is 209 Å². The van der Waals surface area contributed by atoms with Crippen molar-refractivity contribution in [2.75, 3.05) is 0 Å². The first-order valence-electron chi connectivity index (χ1n) is 37.0. The van der Waals surface area contributed by atoms with Gasteiger partial charge < -0.3 is 8.83 Å². The van der Waals surface area contributed by atoms with E-state index in [0.29, 0.717) is 0 Å². The monoisotopic (exact) mass is 1400 g/mol. The van der Waals surface area contributed by atoms with E-state index in [9.17, 15) is 0 Å². The molecule has 0 atom stereocenters. The van der Waals surface area contributed by atoms with Crippen LogP contribution in [-0.4, -0.2) is 0 Å². The second kappa shape index (κ2) is 24.0. The van der Waals surface area contributed by atoms with Crippen LogP contribution in [0.25, 0.3) is 237 Å². The van der Waals surface area contributed by atoms with Crippen LogP contribution in [0.3, 0.4) is 0 Å². The Morgan fingerprint density at radius 2 is 0.546 bits per heavy atom. The average Bonchev–Trinajstić information content (AvgIpc) is 1.18. The lowest BCUT2D eigenvalue weighted by atomic mass is 9.83. The predicted molar refractivity (Wildman–Crippen MR) is 466 cm³/mol. The first-order valence-corrected chi connectivity index (χ1v) is 38.6. The first kappa shape index (κ1) is 60.9. The SMILES string of the molecule is c1ccc(-c2ccc(-c3c4ccccc4c(-c4ccc5sc6cc7c(cc6c5c4)oc4c5ccccc5ccc74)c4ccccc34)c3ccccc23)cc1.c1ccc(-c2ccc(-c3c4ccccc4c(-c4ccc5sc6ccc7c(oc8ccc9ccccc9c87)c6c5c4)c4ccccc34)c3ccccc23)cc1. The van der Waals surface area contributed by atoms with Gasteiger partial charge in [-0.3, -0.25) is 0 Å². The molecule has 24 rings (SSSR count).